The Kier molecular flexibility index (Phi) is 7.83. The van der Waals surface area contributed by atoms with Crippen molar-refractivity contribution < 1.29 is 33.8 Å². The number of quaternary nitrogens is 1. The normalized spacial score (nSPS) is 17.4. The molecule has 1 N–H and O–H groups in total. The molecule has 1 atom stereocenters. The molecule has 2 aromatic rings. The number of nitrogens with zero attached hydrogens (tertiary/aromatic N) is 1. The molecule has 3 rings (SSSR count). The van der Waals surface area contributed by atoms with Crippen molar-refractivity contribution in [3.63, 3.8) is 0 Å². The minimum atomic E-state index is -0.879. The Bertz CT molecular complexity index is 1110. The van der Waals surface area contributed by atoms with E-state index in [9.17, 15) is 14.7 Å². The van der Waals surface area contributed by atoms with Crippen molar-refractivity contribution in [1.82, 2.24) is 4.90 Å². The van der Waals surface area contributed by atoms with Gasteiger partial charge in [0.05, 0.1) is 48.0 Å². The lowest BCUT2D eigenvalue weighted by Gasteiger charge is -2.29. The molecule has 1 aliphatic rings. The molecule has 8 nitrogen and oxygen atoms in total. The molecule has 34 heavy (non-hydrogen) atoms. The Hall–Kier alpha value is -3.52. The predicted octanol–water partition coefficient (Wildman–Crippen LogP) is 0.779. The van der Waals surface area contributed by atoms with Gasteiger partial charge in [-0.1, -0.05) is 24.0 Å². The van der Waals surface area contributed by atoms with Crippen LogP contribution in [0, 0.1) is 6.92 Å². The topological polar surface area (TPSA) is 92.6 Å². The molecular formula is C26H32N2O6. The van der Waals surface area contributed by atoms with Crippen LogP contribution >= 0.6 is 0 Å². The minimum absolute atomic E-state index is 0.0815. The van der Waals surface area contributed by atoms with Crippen molar-refractivity contribution in [2.24, 2.45) is 0 Å². The van der Waals surface area contributed by atoms with Gasteiger partial charge in [0.1, 0.15) is 5.75 Å². The van der Waals surface area contributed by atoms with Gasteiger partial charge in [0, 0.05) is 24.1 Å². The third-order valence-electron chi connectivity index (χ3n) is 6.01. The summed E-state index contributed by atoms with van der Waals surface area (Å²) in [6, 6.07) is 9.39. The Balaban J connectivity index is 2.22. The number of carbonyl (C=O) groups is 2. The fraction of sp³-hybridized carbons (Fsp3) is 0.385. The van der Waals surface area contributed by atoms with E-state index in [2.05, 4.69) is 0 Å². The van der Waals surface area contributed by atoms with Gasteiger partial charge in [-0.05, 0) is 36.2 Å². The van der Waals surface area contributed by atoms with E-state index in [4.69, 9.17) is 14.2 Å². The van der Waals surface area contributed by atoms with E-state index in [-0.39, 0.29) is 5.57 Å². The van der Waals surface area contributed by atoms with Crippen LogP contribution in [0.3, 0.4) is 0 Å². The largest absolute Gasteiger partial charge is 0.872 e. The number of likely N-dealkylation sites (tertiary alicyclic amines) is 1. The van der Waals surface area contributed by atoms with E-state index in [1.54, 1.807) is 50.4 Å². The van der Waals surface area contributed by atoms with Gasteiger partial charge in [0.2, 0.25) is 5.78 Å². The maximum atomic E-state index is 13.7. The summed E-state index contributed by atoms with van der Waals surface area (Å²) >= 11 is 0. The lowest BCUT2D eigenvalue weighted by molar-refractivity contribution is -0.858. The van der Waals surface area contributed by atoms with Crippen molar-refractivity contribution in [1.29, 1.82) is 0 Å². The van der Waals surface area contributed by atoms with Crippen LogP contribution in [0.15, 0.2) is 42.0 Å². The number of ether oxygens (including phenoxy) is 3. The van der Waals surface area contributed by atoms with E-state index in [0.717, 1.165) is 6.54 Å². The molecule has 1 aliphatic heterocycles. The highest BCUT2D eigenvalue weighted by atomic mass is 16.5. The first-order valence-corrected chi connectivity index (χ1v) is 11.2. The second kappa shape index (κ2) is 10.6. The fourth-order valence-electron chi connectivity index (χ4n) is 4.32. The van der Waals surface area contributed by atoms with Gasteiger partial charge in [0.15, 0.2) is 11.5 Å². The number of methoxy groups -OCH3 is 3. The third-order valence-corrected chi connectivity index (χ3v) is 6.01. The number of aryl methyl sites for hydroxylation is 1. The van der Waals surface area contributed by atoms with Crippen molar-refractivity contribution >= 4 is 17.4 Å². The quantitative estimate of drug-likeness (QED) is 0.332. The predicted molar refractivity (Wildman–Crippen MR) is 126 cm³/mol. The lowest BCUT2D eigenvalue weighted by Crippen LogP contribution is -3.05. The molecule has 1 saturated heterocycles. The van der Waals surface area contributed by atoms with Crippen molar-refractivity contribution in [2.75, 3.05) is 48.5 Å². The maximum Gasteiger partial charge on any atom is 0.295 e. The summed E-state index contributed by atoms with van der Waals surface area (Å²) in [5.74, 6) is -0.499. The Morgan fingerprint density at radius 2 is 1.79 bits per heavy atom. The first-order chi connectivity index (χ1) is 16.2. The molecule has 2 aromatic carbocycles. The van der Waals surface area contributed by atoms with Gasteiger partial charge in [-0.25, -0.2) is 0 Å². The number of Topliss-reactive ketones (excluding diaryl/α,β-unsaturated/α-hetero) is 1. The molecule has 1 unspecified atom stereocenters. The fourth-order valence-corrected chi connectivity index (χ4v) is 4.32. The summed E-state index contributed by atoms with van der Waals surface area (Å²) in [4.78, 5) is 29.1. The molecule has 0 spiro atoms. The van der Waals surface area contributed by atoms with Crippen LogP contribution in [0.1, 0.15) is 29.2 Å². The minimum Gasteiger partial charge on any atom is -0.872 e. The van der Waals surface area contributed by atoms with Crippen LogP contribution in [0.5, 0.6) is 17.2 Å². The van der Waals surface area contributed by atoms with Gasteiger partial charge in [-0.3, -0.25) is 9.59 Å². The van der Waals surface area contributed by atoms with E-state index in [1.165, 1.54) is 24.0 Å². The second-order valence-corrected chi connectivity index (χ2v) is 8.55. The number of amides is 1. The summed E-state index contributed by atoms with van der Waals surface area (Å²) in [7, 11) is 8.60. The molecule has 0 radical (unpaired) electrons. The maximum absolute atomic E-state index is 13.7. The van der Waals surface area contributed by atoms with Crippen LogP contribution in [-0.2, 0) is 9.59 Å². The monoisotopic (exact) mass is 468 g/mol. The molecular weight excluding hydrogens is 436 g/mol. The highest BCUT2D eigenvalue weighted by Gasteiger charge is 2.45. The van der Waals surface area contributed by atoms with Gasteiger partial charge >= 0.3 is 0 Å². The number of para-hydroxylation sites is 1. The standard InChI is InChI=1S/C26H32N2O6/c1-16-15-17(32-4)11-12-18(16)23(29)21-22(19-9-7-10-20(33-5)25(19)34-6)28(26(31)24(21)30)14-8-13-27(2)3/h7,9-12,15,22,29H,8,13-14H2,1-6H3. The molecule has 0 bridgehead atoms. The number of hydrogen-bond donors (Lipinski definition) is 1. The zero-order chi connectivity index (χ0) is 25.0. The number of hydrogen-bond acceptors (Lipinski definition) is 6. The van der Waals surface area contributed by atoms with Crippen molar-refractivity contribution in [3.05, 3.63) is 58.7 Å². The van der Waals surface area contributed by atoms with Crippen LogP contribution < -0.4 is 24.2 Å². The Labute approximate surface area is 200 Å². The molecule has 0 saturated carbocycles. The average Bonchev–Trinajstić information content (AvgIpc) is 3.07. The second-order valence-electron chi connectivity index (χ2n) is 8.55. The van der Waals surface area contributed by atoms with Gasteiger partial charge in [-0.2, -0.15) is 0 Å². The molecule has 0 aromatic heterocycles. The lowest BCUT2D eigenvalue weighted by atomic mass is 9.93. The highest BCUT2D eigenvalue weighted by Crippen LogP contribution is 2.45. The Morgan fingerprint density at radius 1 is 1.06 bits per heavy atom. The Morgan fingerprint density at radius 3 is 2.38 bits per heavy atom. The zero-order valence-corrected chi connectivity index (χ0v) is 20.6. The molecule has 1 fully saturated rings. The van der Waals surface area contributed by atoms with Crippen LogP contribution in [0.4, 0.5) is 0 Å². The van der Waals surface area contributed by atoms with Crippen molar-refractivity contribution in [2.45, 2.75) is 19.4 Å². The molecule has 182 valence electrons. The molecule has 0 aliphatic carbocycles. The number of rotatable bonds is 9. The number of nitrogens with one attached hydrogen (secondary N) is 1. The van der Waals surface area contributed by atoms with Gasteiger partial charge in [-0.15, -0.1) is 0 Å². The smallest absolute Gasteiger partial charge is 0.295 e. The van der Waals surface area contributed by atoms with Crippen LogP contribution in [0.2, 0.25) is 0 Å². The van der Waals surface area contributed by atoms with E-state index in [0.29, 0.717) is 46.9 Å². The number of ketones is 1. The number of benzene rings is 2. The molecule has 1 heterocycles. The van der Waals surface area contributed by atoms with Crippen LogP contribution in [0.25, 0.3) is 5.76 Å². The summed E-state index contributed by atoms with van der Waals surface area (Å²) in [5.41, 5.74) is 1.46. The first kappa shape index (κ1) is 25.1. The van der Waals surface area contributed by atoms with E-state index < -0.39 is 23.5 Å². The average molecular weight is 469 g/mol. The third kappa shape index (κ3) is 4.72. The van der Waals surface area contributed by atoms with E-state index >= 15 is 0 Å². The van der Waals surface area contributed by atoms with Crippen LogP contribution in [-0.4, -0.2) is 65.1 Å². The summed E-state index contributed by atoms with van der Waals surface area (Å²) < 4.78 is 16.3. The summed E-state index contributed by atoms with van der Waals surface area (Å²) in [5, 5.41) is 13.7. The van der Waals surface area contributed by atoms with E-state index in [1.807, 2.05) is 14.1 Å². The van der Waals surface area contributed by atoms with Crippen molar-refractivity contribution in [3.8, 4) is 17.2 Å². The number of carbonyl (C=O) groups excluding carboxylic acids is 2. The summed E-state index contributed by atoms with van der Waals surface area (Å²) in [6.07, 6.45) is 0.674. The summed E-state index contributed by atoms with van der Waals surface area (Å²) in [6.45, 7) is 2.91. The molecule has 8 heteroatoms. The van der Waals surface area contributed by atoms with Gasteiger partial charge in [0.25, 0.3) is 5.91 Å². The first-order valence-electron chi connectivity index (χ1n) is 11.2. The van der Waals surface area contributed by atoms with Gasteiger partial charge < -0.3 is 29.1 Å². The SMILES string of the molecule is COc1ccc(C([O-])=C2C(=O)C(=O)N(CCC[NH+](C)C)C2c2cccc(OC)c2OC)c(C)c1. The molecule has 1 amide bonds. The highest BCUT2D eigenvalue weighted by molar-refractivity contribution is 6.46. The zero-order valence-electron chi connectivity index (χ0n) is 20.6.